The van der Waals surface area contributed by atoms with Crippen LogP contribution in [0.5, 0.6) is 0 Å². The van der Waals surface area contributed by atoms with Gasteiger partial charge in [0.25, 0.3) is 5.91 Å². The number of hydroxylamine groups is 2. The lowest BCUT2D eigenvalue weighted by atomic mass is 10.2. The molecule has 2 rings (SSSR count). The fourth-order valence-corrected chi connectivity index (χ4v) is 2.74. The van der Waals surface area contributed by atoms with E-state index in [4.69, 9.17) is 4.84 Å². The van der Waals surface area contributed by atoms with Crippen molar-refractivity contribution < 1.29 is 9.63 Å². The maximum absolute atomic E-state index is 11.8. The Kier molecular flexibility index (Phi) is 4.98. The molecule has 0 spiro atoms. The Morgan fingerprint density at radius 2 is 2.05 bits per heavy atom. The molecule has 2 aromatic rings. The molecule has 112 valence electrons. The van der Waals surface area contributed by atoms with Crippen molar-refractivity contribution in [1.29, 1.82) is 0 Å². The number of rotatable bonds is 5. The zero-order valence-corrected chi connectivity index (χ0v) is 13.3. The van der Waals surface area contributed by atoms with Gasteiger partial charge in [0.15, 0.2) is 5.16 Å². The van der Waals surface area contributed by atoms with Crippen LogP contribution in [0, 0.1) is 13.8 Å². The van der Waals surface area contributed by atoms with Gasteiger partial charge < -0.3 is 0 Å². The summed E-state index contributed by atoms with van der Waals surface area (Å²) < 4.78 is 1.96. The third kappa shape index (κ3) is 3.43. The standard InChI is InChI=1S/C14H18N4O2S/c1-10-7-5-6-8-12(10)18-11(2)15-16-14(18)21-9-13(19)17(3)20-4/h5-8H,9H2,1-4H3. The van der Waals surface area contributed by atoms with Crippen LogP contribution >= 0.6 is 11.8 Å². The first-order chi connectivity index (χ1) is 10.0. The minimum atomic E-state index is -0.125. The lowest BCUT2D eigenvalue weighted by Gasteiger charge is -2.14. The third-order valence-electron chi connectivity index (χ3n) is 3.10. The predicted molar refractivity (Wildman–Crippen MR) is 81.3 cm³/mol. The number of para-hydroxylation sites is 1. The van der Waals surface area contributed by atoms with Gasteiger partial charge in [0.1, 0.15) is 5.82 Å². The van der Waals surface area contributed by atoms with Gasteiger partial charge in [-0.2, -0.15) is 0 Å². The maximum Gasteiger partial charge on any atom is 0.256 e. The van der Waals surface area contributed by atoms with Crippen LogP contribution in [0.3, 0.4) is 0 Å². The molecule has 0 bridgehead atoms. The number of benzene rings is 1. The lowest BCUT2D eigenvalue weighted by Crippen LogP contribution is -2.27. The number of thioether (sulfide) groups is 1. The van der Waals surface area contributed by atoms with Gasteiger partial charge in [-0.25, -0.2) is 5.06 Å². The number of nitrogens with zero attached hydrogens (tertiary/aromatic N) is 4. The number of hydrogen-bond acceptors (Lipinski definition) is 5. The average molecular weight is 306 g/mol. The molecule has 0 aliphatic rings. The molecule has 1 aromatic carbocycles. The molecule has 21 heavy (non-hydrogen) atoms. The van der Waals surface area contributed by atoms with Crippen molar-refractivity contribution in [1.82, 2.24) is 19.8 Å². The Labute approximate surface area is 128 Å². The van der Waals surface area contributed by atoms with Crippen molar-refractivity contribution in [2.24, 2.45) is 0 Å². The van der Waals surface area contributed by atoms with Gasteiger partial charge in [0, 0.05) is 7.05 Å². The second-order valence-electron chi connectivity index (χ2n) is 4.51. The van der Waals surface area contributed by atoms with Crippen LogP contribution in [0.15, 0.2) is 29.4 Å². The minimum Gasteiger partial charge on any atom is -0.275 e. The number of aryl methyl sites for hydroxylation is 2. The molecular weight excluding hydrogens is 288 g/mol. The van der Waals surface area contributed by atoms with Gasteiger partial charge in [-0.05, 0) is 25.5 Å². The van der Waals surface area contributed by atoms with Gasteiger partial charge in [0.2, 0.25) is 0 Å². The SMILES string of the molecule is CON(C)C(=O)CSc1nnc(C)n1-c1ccccc1C. The molecule has 6 nitrogen and oxygen atoms in total. The van der Waals surface area contributed by atoms with E-state index < -0.39 is 0 Å². The third-order valence-corrected chi connectivity index (χ3v) is 4.02. The van der Waals surface area contributed by atoms with Gasteiger partial charge in [-0.15, -0.1) is 10.2 Å². The van der Waals surface area contributed by atoms with Crippen LogP contribution < -0.4 is 0 Å². The normalized spacial score (nSPS) is 10.7. The van der Waals surface area contributed by atoms with Crippen LogP contribution in [-0.2, 0) is 9.63 Å². The van der Waals surface area contributed by atoms with Crippen LogP contribution in [0.2, 0.25) is 0 Å². The second-order valence-corrected chi connectivity index (χ2v) is 5.46. The van der Waals surface area contributed by atoms with E-state index >= 15 is 0 Å². The molecule has 1 amide bonds. The highest BCUT2D eigenvalue weighted by Crippen LogP contribution is 2.23. The minimum absolute atomic E-state index is 0.125. The topological polar surface area (TPSA) is 60.2 Å². The Hall–Kier alpha value is -1.86. The summed E-state index contributed by atoms with van der Waals surface area (Å²) in [5, 5.41) is 10.2. The van der Waals surface area contributed by atoms with Gasteiger partial charge in [0.05, 0.1) is 18.6 Å². The van der Waals surface area contributed by atoms with Gasteiger partial charge in [-0.1, -0.05) is 30.0 Å². The summed E-state index contributed by atoms with van der Waals surface area (Å²) in [6.45, 7) is 3.93. The largest absolute Gasteiger partial charge is 0.275 e. The van der Waals surface area contributed by atoms with E-state index in [1.807, 2.05) is 42.7 Å². The summed E-state index contributed by atoms with van der Waals surface area (Å²) in [6.07, 6.45) is 0. The lowest BCUT2D eigenvalue weighted by molar-refractivity contribution is -0.165. The zero-order chi connectivity index (χ0) is 15.4. The highest BCUT2D eigenvalue weighted by atomic mass is 32.2. The molecule has 0 saturated carbocycles. The summed E-state index contributed by atoms with van der Waals surface area (Å²) in [7, 11) is 3.04. The summed E-state index contributed by atoms with van der Waals surface area (Å²) in [5.41, 5.74) is 2.15. The summed E-state index contributed by atoms with van der Waals surface area (Å²) in [6, 6.07) is 8.01. The summed E-state index contributed by atoms with van der Waals surface area (Å²) in [4.78, 5) is 16.7. The molecule has 0 aliphatic carbocycles. The highest BCUT2D eigenvalue weighted by Gasteiger charge is 2.16. The Morgan fingerprint density at radius 1 is 1.33 bits per heavy atom. The zero-order valence-electron chi connectivity index (χ0n) is 12.5. The fourth-order valence-electron chi connectivity index (χ4n) is 1.85. The number of aromatic nitrogens is 3. The number of carbonyl (C=O) groups excluding carboxylic acids is 1. The maximum atomic E-state index is 11.8. The fraction of sp³-hybridized carbons (Fsp3) is 0.357. The first kappa shape index (κ1) is 15.5. The van der Waals surface area contributed by atoms with Crippen molar-refractivity contribution in [2.45, 2.75) is 19.0 Å². The number of amides is 1. The summed E-state index contributed by atoms with van der Waals surface area (Å²) >= 11 is 1.34. The average Bonchev–Trinajstić information content (AvgIpc) is 2.85. The van der Waals surface area contributed by atoms with Crippen molar-refractivity contribution in [2.75, 3.05) is 19.9 Å². The van der Waals surface area contributed by atoms with Crippen molar-refractivity contribution in [3.05, 3.63) is 35.7 Å². The first-order valence-corrected chi connectivity index (χ1v) is 7.44. The van der Waals surface area contributed by atoms with E-state index in [9.17, 15) is 4.79 Å². The van der Waals surface area contributed by atoms with E-state index in [0.717, 1.165) is 17.1 Å². The Morgan fingerprint density at radius 3 is 2.71 bits per heavy atom. The molecule has 1 aromatic heterocycles. The number of hydrogen-bond donors (Lipinski definition) is 0. The van der Waals surface area contributed by atoms with Crippen LogP contribution in [0.1, 0.15) is 11.4 Å². The molecule has 1 heterocycles. The molecule has 0 fully saturated rings. The van der Waals surface area contributed by atoms with E-state index in [-0.39, 0.29) is 11.7 Å². The Bertz CT molecular complexity index is 642. The monoisotopic (exact) mass is 306 g/mol. The van der Waals surface area contributed by atoms with Crippen LogP contribution in [0.4, 0.5) is 0 Å². The smallest absolute Gasteiger partial charge is 0.256 e. The van der Waals surface area contributed by atoms with Crippen LogP contribution in [-0.4, -0.2) is 45.6 Å². The molecule has 0 unspecified atom stereocenters. The van der Waals surface area contributed by atoms with E-state index in [1.54, 1.807) is 7.05 Å². The second kappa shape index (κ2) is 6.73. The molecule has 0 N–H and O–H groups in total. The van der Waals surface area contributed by atoms with Crippen molar-refractivity contribution >= 4 is 17.7 Å². The summed E-state index contributed by atoms with van der Waals surface area (Å²) in [5.74, 6) is 0.910. The molecule has 0 aliphatic heterocycles. The quantitative estimate of drug-likeness (QED) is 0.624. The Balaban J connectivity index is 2.23. The van der Waals surface area contributed by atoms with Crippen LogP contribution in [0.25, 0.3) is 5.69 Å². The van der Waals surface area contributed by atoms with Crippen molar-refractivity contribution in [3.63, 3.8) is 0 Å². The van der Waals surface area contributed by atoms with E-state index in [1.165, 1.54) is 23.9 Å². The number of carbonyl (C=O) groups is 1. The molecule has 0 radical (unpaired) electrons. The van der Waals surface area contributed by atoms with E-state index in [2.05, 4.69) is 10.2 Å². The molecule has 7 heteroatoms. The highest BCUT2D eigenvalue weighted by molar-refractivity contribution is 7.99. The molecule has 0 saturated heterocycles. The first-order valence-electron chi connectivity index (χ1n) is 6.46. The molecule has 0 atom stereocenters. The predicted octanol–water partition coefficient (Wildman–Crippen LogP) is 2.00. The van der Waals surface area contributed by atoms with Gasteiger partial charge >= 0.3 is 0 Å². The molecular formula is C14H18N4O2S. The van der Waals surface area contributed by atoms with Crippen molar-refractivity contribution in [3.8, 4) is 5.69 Å². The van der Waals surface area contributed by atoms with E-state index in [0.29, 0.717) is 5.16 Å². The van der Waals surface area contributed by atoms with Gasteiger partial charge in [-0.3, -0.25) is 14.2 Å².